The molecule has 1 aromatic rings. The summed E-state index contributed by atoms with van der Waals surface area (Å²) in [6.45, 7) is 4.26. The Morgan fingerprint density at radius 3 is 3.16 bits per heavy atom. The molecule has 7 heteroatoms. The van der Waals surface area contributed by atoms with Gasteiger partial charge in [0.1, 0.15) is 12.4 Å². The summed E-state index contributed by atoms with van der Waals surface area (Å²) in [6, 6.07) is 0. The van der Waals surface area contributed by atoms with Gasteiger partial charge in [-0.2, -0.15) is 0 Å². The summed E-state index contributed by atoms with van der Waals surface area (Å²) in [5.41, 5.74) is 0.138. The van der Waals surface area contributed by atoms with E-state index in [-0.39, 0.29) is 11.5 Å². The highest BCUT2D eigenvalue weighted by Crippen LogP contribution is 2.21. The first-order valence-corrected chi connectivity index (χ1v) is 6.59. The number of nitrogens with one attached hydrogen (secondary N) is 1. The molecule has 1 fully saturated rings. The van der Waals surface area contributed by atoms with Crippen LogP contribution < -0.4 is 5.32 Å². The van der Waals surface area contributed by atoms with Crippen LogP contribution in [0, 0.1) is 10.1 Å². The molecule has 2 heterocycles. The Kier molecular flexibility index (Phi) is 4.49. The number of rotatable bonds is 6. The average molecular weight is 268 g/mol. The minimum atomic E-state index is -0.443. The molecule has 106 valence electrons. The van der Waals surface area contributed by atoms with Crippen molar-refractivity contribution in [2.24, 2.45) is 0 Å². The van der Waals surface area contributed by atoms with Crippen molar-refractivity contribution in [3.8, 4) is 0 Å². The maximum atomic E-state index is 10.7. The number of nitro groups is 1. The second-order valence-electron chi connectivity index (χ2n) is 5.17. The number of hydrogen-bond acceptors (Lipinski definition) is 5. The van der Waals surface area contributed by atoms with Crippen molar-refractivity contribution in [3.63, 3.8) is 0 Å². The number of aromatic nitrogens is 2. The van der Waals surface area contributed by atoms with Gasteiger partial charge in [0.15, 0.2) is 0 Å². The fourth-order valence-corrected chi connectivity index (χ4v) is 2.34. The van der Waals surface area contributed by atoms with Gasteiger partial charge in [-0.1, -0.05) is 4.98 Å². The van der Waals surface area contributed by atoms with Crippen LogP contribution in [0.4, 0.5) is 5.95 Å². The Labute approximate surface area is 112 Å². The van der Waals surface area contributed by atoms with E-state index in [9.17, 15) is 10.1 Å². The molecule has 1 aliphatic heterocycles. The Morgan fingerprint density at radius 1 is 1.63 bits per heavy atom. The van der Waals surface area contributed by atoms with Crippen LogP contribution in [0.3, 0.4) is 0 Å². The van der Waals surface area contributed by atoms with E-state index in [1.54, 1.807) is 10.8 Å². The van der Waals surface area contributed by atoms with Crippen LogP contribution in [0.2, 0.25) is 0 Å². The lowest BCUT2D eigenvalue weighted by Gasteiger charge is -2.35. The van der Waals surface area contributed by atoms with Crippen LogP contribution in [0.15, 0.2) is 12.4 Å². The smallest absolute Gasteiger partial charge is 0.390 e. The van der Waals surface area contributed by atoms with Gasteiger partial charge in [-0.15, -0.1) is 0 Å². The van der Waals surface area contributed by atoms with Crippen LogP contribution in [0.25, 0.3) is 0 Å². The highest BCUT2D eigenvalue weighted by molar-refractivity contribution is 5.06. The maximum absolute atomic E-state index is 10.7. The van der Waals surface area contributed by atoms with Gasteiger partial charge in [0.25, 0.3) is 0 Å². The van der Waals surface area contributed by atoms with Crippen molar-refractivity contribution in [2.75, 3.05) is 13.3 Å². The minimum absolute atomic E-state index is 0.0737. The molecule has 1 atom stereocenters. The third-order valence-corrected chi connectivity index (χ3v) is 3.63. The SMILES string of the molecule is CC1(CCCCn2ccnc2[N+](=O)[O-])CCOCN1. The van der Waals surface area contributed by atoms with Gasteiger partial charge in [-0.25, -0.2) is 4.57 Å². The summed E-state index contributed by atoms with van der Waals surface area (Å²) in [5, 5.41) is 14.1. The summed E-state index contributed by atoms with van der Waals surface area (Å²) >= 11 is 0. The Morgan fingerprint density at radius 2 is 2.47 bits per heavy atom. The Hall–Kier alpha value is -1.47. The summed E-state index contributed by atoms with van der Waals surface area (Å²) in [4.78, 5) is 14.0. The number of ether oxygens (including phenoxy) is 1. The van der Waals surface area contributed by atoms with Gasteiger partial charge < -0.3 is 14.9 Å². The monoisotopic (exact) mass is 268 g/mol. The van der Waals surface area contributed by atoms with Crippen molar-refractivity contribution in [2.45, 2.75) is 44.7 Å². The topological polar surface area (TPSA) is 82.2 Å². The third kappa shape index (κ3) is 3.74. The molecule has 0 amide bonds. The Bertz CT molecular complexity index is 426. The Balaban J connectivity index is 1.74. The molecule has 1 aliphatic rings. The first kappa shape index (κ1) is 14.0. The average Bonchev–Trinajstić information content (AvgIpc) is 2.84. The standard InChI is InChI=1S/C12H20N4O3/c1-12(5-9-19-10-14-12)4-2-3-7-15-8-6-13-11(15)16(17)18/h6,8,14H,2-5,7,9-10H2,1H3. The third-order valence-electron chi connectivity index (χ3n) is 3.63. The lowest BCUT2D eigenvalue weighted by atomic mass is 9.91. The van der Waals surface area contributed by atoms with Crippen LogP contribution >= 0.6 is 0 Å². The molecule has 1 N–H and O–H groups in total. The van der Waals surface area contributed by atoms with E-state index in [2.05, 4.69) is 17.2 Å². The second-order valence-corrected chi connectivity index (χ2v) is 5.17. The van der Waals surface area contributed by atoms with E-state index in [1.807, 2.05) is 0 Å². The van der Waals surface area contributed by atoms with Gasteiger partial charge >= 0.3 is 5.95 Å². The van der Waals surface area contributed by atoms with E-state index in [4.69, 9.17) is 4.74 Å². The number of imidazole rings is 1. The van der Waals surface area contributed by atoms with E-state index in [0.29, 0.717) is 13.3 Å². The molecular formula is C12H20N4O3. The molecule has 0 saturated carbocycles. The van der Waals surface area contributed by atoms with Crippen LogP contribution in [-0.2, 0) is 11.3 Å². The second kappa shape index (κ2) is 6.12. The van der Waals surface area contributed by atoms with E-state index in [0.717, 1.165) is 32.3 Å². The lowest BCUT2D eigenvalue weighted by molar-refractivity contribution is -0.396. The van der Waals surface area contributed by atoms with E-state index >= 15 is 0 Å². The predicted molar refractivity (Wildman–Crippen MR) is 69.7 cm³/mol. The zero-order valence-electron chi connectivity index (χ0n) is 11.2. The molecule has 0 spiro atoms. The number of unbranched alkanes of at least 4 members (excludes halogenated alkanes) is 1. The first-order chi connectivity index (χ1) is 9.11. The van der Waals surface area contributed by atoms with Gasteiger partial charge in [0, 0.05) is 5.54 Å². The summed E-state index contributed by atoms with van der Waals surface area (Å²) in [6.07, 6.45) is 7.14. The van der Waals surface area contributed by atoms with Crippen LogP contribution in [0.1, 0.15) is 32.6 Å². The maximum Gasteiger partial charge on any atom is 0.434 e. The summed E-state index contributed by atoms with van der Waals surface area (Å²) in [7, 11) is 0. The van der Waals surface area contributed by atoms with Crippen molar-refractivity contribution in [1.29, 1.82) is 0 Å². The quantitative estimate of drug-likeness (QED) is 0.482. The van der Waals surface area contributed by atoms with Gasteiger partial charge in [0.2, 0.25) is 0 Å². The molecule has 19 heavy (non-hydrogen) atoms. The largest absolute Gasteiger partial charge is 0.434 e. The molecular weight excluding hydrogens is 248 g/mol. The molecule has 0 aliphatic carbocycles. The zero-order valence-corrected chi connectivity index (χ0v) is 11.2. The van der Waals surface area contributed by atoms with Crippen molar-refractivity contribution in [3.05, 3.63) is 22.5 Å². The zero-order chi connectivity index (χ0) is 13.7. The van der Waals surface area contributed by atoms with Crippen molar-refractivity contribution >= 4 is 5.95 Å². The predicted octanol–water partition coefficient (Wildman–Crippen LogP) is 1.69. The molecule has 1 unspecified atom stereocenters. The highest BCUT2D eigenvalue weighted by atomic mass is 16.6. The van der Waals surface area contributed by atoms with Crippen molar-refractivity contribution in [1.82, 2.24) is 14.9 Å². The lowest BCUT2D eigenvalue weighted by Crippen LogP contribution is -2.48. The molecule has 0 radical (unpaired) electrons. The molecule has 1 saturated heterocycles. The first-order valence-electron chi connectivity index (χ1n) is 6.59. The van der Waals surface area contributed by atoms with Gasteiger partial charge in [-0.3, -0.25) is 5.32 Å². The molecule has 7 nitrogen and oxygen atoms in total. The normalized spacial score (nSPS) is 23.4. The van der Waals surface area contributed by atoms with E-state index < -0.39 is 4.92 Å². The summed E-state index contributed by atoms with van der Waals surface area (Å²) in [5.74, 6) is -0.0737. The van der Waals surface area contributed by atoms with Gasteiger partial charge in [0.05, 0.1) is 19.9 Å². The number of hydrogen-bond donors (Lipinski definition) is 1. The summed E-state index contributed by atoms with van der Waals surface area (Å²) < 4.78 is 6.87. The highest BCUT2D eigenvalue weighted by Gasteiger charge is 2.25. The number of nitrogens with zero attached hydrogens (tertiary/aromatic N) is 3. The van der Waals surface area contributed by atoms with Crippen LogP contribution in [-0.4, -0.2) is 33.4 Å². The molecule has 1 aromatic heterocycles. The fraction of sp³-hybridized carbons (Fsp3) is 0.750. The van der Waals surface area contributed by atoms with Crippen LogP contribution in [0.5, 0.6) is 0 Å². The molecule has 2 rings (SSSR count). The molecule has 0 aromatic carbocycles. The van der Waals surface area contributed by atoms with E-state index in [1.165, 1.54) is 6.20 Å². The van der Waals surface area contributed by atoms with Crippen molar-refractivity contribution < 1.29 is 9.66 Å². The van der Waals surface area contributed by atoms with Gasteiger partial charge in [-0.05, 0) is 37.5 Å². The molecule has 0 bridgehead atoms. The minimum Gasteiger partial charge on any atom is -0.390 e. The number of aryl methyl sites for hydroxylation is 1. The fourth-order valence-electron chi connectivity index (χ4n) is 2.34.